The molecule has 0 aliphatic heterocycles. The van der Waals surface area contributed by atoms with Gasteiger partial charge in [-0.3, -0.25) is 0 Å². The van der Waals surface area contributed by atoms with Crippen LogP contribution in [-0.2, 0) is 13.0 Å². The summed E-state index contributed by atoms with van der Waals surface area (Å²) in [6.45, 7) is 2.96. The summed E-state index contributed by atoms with van der Waals surface area (Å²) in [6.07, 6.45) is 3.65. The monoisotopic (exact) mass is 351 g/mol. The van der Waals surface area contributed by atoms with E-state index in [0.29, 0.717) is 0 Å². The minimum absolute atomic E-state index is 0.737. The Morgan fingerprint density at radius 3 is 2.50 bits per heavy atom. The van der Waals surface area contributed by atoms with Gasteiger partial charge in [-0.1, -0.05) is 59.1 Å². The maximum atomic E-state index is 6.21. The molecule has 0 fully saturated rings. The molecule has 2 aromatic rings. The van der Waals surface area contributed by atoms with E-state index in [1.54, 1.807) is 0 Å². The first-order valence-electron chi connectivity index (χ1n) is 6.96. The average Bonchev–Trinajstić information content (AvgIpc) is 2.45. The summed E-state index contributed by atoms with van der Waals surface area (Å²) in [5.74, 6) is 0. The van der Waals surface area contributed by atoms with E-state index in [4.69, 9.17) is 11.6 Å². The molecular formula is C17H19BrClN. The van der Waals surface area contributed by atoms with Crippen LogP contribution in [0.3, 0.4) is 0 Å². The number of hydrogen-bond acceptors (Lipinski definition) is 1. The SMILES string of the molecule is CCCCc1ccc(NCc2ccc(Br)cc2Cl)cc1. The van der Waals surface area contributed by atoms with Gasteiger partial charge in [0, 0.05) is 21.7 Å². The number of benzene rings is 2. The minimum atomic E-state index is 0.737. The molecule has 0 saturated heterocycles. The van der Waals surface area contributed by atoms with Crippen molar-refractivity contribution < 1.29 is 0 Å². The topological polar surface area (TPSA) is 12.0 Å². The molecule has 0 spiro atoms. The molecule has 2 rings (SSSR count). The molecule has 0 aliphatic carbocycles. The zero-order valence-corrected chi connectivity index (χ0v) is 14.0. The molecule has 0 saturated carbocycles. The highest BCUT2D eigenvalue weighted by molar-refractivity contribution is 9.10. The molecule has 0 amide bonds. The van der Waals surface area contributed by atoms with Gasteiger partial charge >= 0.3 is 0 Å². The summed E-state index contributed by atoms with van der Waals surface area (Å²) >= 11 is 9.62. The van der Waals surface area contributed by atoms with Gasteiger partial charge in [0.15, 0.2) is 0 Å². The van der Waals surface area contributed by atoms with E-state index in [0.717, 1.165) is 33.7 Å². The number of unbranched alkanes of at least 4 members (excludes halogenated alkanes) is 1. The molecule has 0 aliphatic rings. The predicted octanol–water partition coefficient (Wildman–Crippen LogP) is 6.06. The van der Waals surface area contributed by atoms with Crippen LogP contribution in [0.1, 0.15) is 30.9 Å². The van der Waals surface area contributed by atoms with Crippen LogP contribution in [0.15, 0.2) is 46.9 Å². The van der Waals surface area contributed by atoms with Gasteiger partial charge in [-0.15, -0.1) is 0 Å². The van der Waals surface area contributed by atoms with Crippen LogP contribution in [0.4, 0.5) is 5.69 Å². The van der Waals surface area contributed by atoms with Crippen molar-refractivity contribution in [3.63, 3.8) is 0 Å². The van der Waals surface area contributed by atoms with Crippen LogP contribution in [0.5, 0.6) is 0 Å². The van der Waals surface area contributed by atoms with E-state index in [-0.39, 0.29) is 0 Å². The van der Waals surface area contributed by atoms with Gasteiger partial charge in [-0.05, 0) is 48.2 Å². The van der Waals surface area contributed by atoms with E-state index in [9.17, 15) is 0 Å². The van der Waals surface area contributed by atoms with Gasteiger partial charge in [0.05, 0.1) is 0 Å². The summed E-state index contributed by atoms with van der Waals surface area (Å²) in [4.78, 5) is 0. The van der Waals surface area contributed by atoms with Crippen molar-refractivity contribution in [1.82, 2.24) is 0 Å². The van der Waals surface area contributed by atoms with Gasteiger partial charge in [0.25, 0.3) is 0 Å². The van der Waals surface area contributed by atoms with E-state index in [1.165, 1.54) is 18.4 Å². The highest BCUT2D eigenvalue weighted by Gasteiger charge is 2.01. The summed E-state index contributed by atoms with van der Waals surface area (Å²) in [5, 5.41) is 4.19. The zero-order chi connectivity index (χ0) is 14.4. The second-order valence-corrected chi connectivity index (χ2v) is 6.21. The van der Waals surface area contributed by atoms with Crippen LogP contribution in [0, 0.1) is 0 Å². The standard InChI is InChI=1S/C17H19BrClN/c1-2-3-4-13-5-9-16(10-6-13)20-12-14-7-8-15(18)11-17(14)19/h5-11,20H,2-4,12H2,1H3. The van der Waals surface area contributed by atoms with Gasteiger partial charge in [0.1, 0.15) is 0 Å². The Bertz CT molecular complexity index is 551. The summed E-state index contributed by atoms with van der Waals surface area (Å²) < 4.78 is 1.01. The lowest BCUT2D eigenvalue weighted by Gasteiger charge is -2.09. The number of halogens is 2. The molecule has 106 valence electrons. The molecule has 0 bridgehead atoms. The number of nitrogens with one attached hydrogen (secondary N) is 1. The Balaban J connectivity index is 1.93. The van der Waals surface area contributed by atoms with Crippen LogP contribution in [0.2, 0.25) is 5.02 Å². The van der Waals surface area contributed by atoms with E-state index in [2.05, 4.69) is 52.4 Å². The van der Waals surface area contributed by atoms with Gasteiger partial charge < -0.3 is 5.32 Å². The quantitative estimate of drug-likeness (QED) is 0.666. The number of hydrogen-bond donors (Lipinski definition) is 1. The second kappa shape index (κ2) is 7.70. The van der Waals surface area contributed by atoms with Crippen LogP contribution < -0.4 is 5.32 Å². The summed E-state index contributed by atoms with van der Waals surface area (Å²) in [6, 6.07) is 14.6. The zero-order valence-electron chi connectivity index (χ0n) is 11.6. The van der Waals surface area contributed by atoms with Crippen molar-refractivity contribution in [2.75, 3.05) is 5.32 Å². The largest absolute Gasteiger partial charge is 0.381 e. The first-order valence-corrected chi connectivity index (χ1v) is 8.13. The van der Waals surface area contributed by atoms with Crippen LogP contribution in [0.25, 0.3) is 0 Å². The maximum absolute atomic E-state index is 6.21. The van der Waals surface area contributed by atoms with Gasteiger partial charge in [-0.25, -0.2) is 0 Å². The molecule has 0 radical (unpaired) electrons. The predicted molar refractivity (Wildman–Crippen MR) is 91.5 cm³/mol. The third-order valence-corrected chi connectivity index (χ3v) is 4.12. The molecular weight excluding hydrogens is 334 g/mol. The minimum Gasteiger partial charge on any atom is -0.381 e. The van der Waals surface area contributed by atoms with E-state index >= 15 is 0 Å². The fourth-order valence-corrected chi connectivity index (χ4v) is 2.77. The van der Waals surface area contributed by atoms with E-state index < -0.39 is 0 Å². The molecule has 2 aromatic carbocycles. The first kappa shape index (κ1) is 15.4. The third-order valence-electron chi connectivity index (χ3n) is 3.27. The van der Waals surface area contributed by atoms with Crippen molar-refractivity contribution in [3.05, 3.63) is 63.1 Å². The molecule has 3 heteroatoms. The summed E-state index contributed by atoms with van der Waals surface area (Å²) in [7, 11) is 0. The number of anilines is 1. The van der Waals surface area contributed by atoms with Gasteiger partial charge in [-0.2, -0.15) is 0 Å². The molecule has 0 atom stereocenters. The maximum Gasteiger partial charge on any atom is 0.0467 e. The molecule has 1 N–H and O–H groups in total. The van der Waals surface area contributed by atoms with Gasteiger partial charge in [0.2, 0.25) is 0 Å². The molecule has 20 heavy (non-hydrogen) atoms. The van der Waals surface area contributed by atoms with Crippen LogP contribution in [-0.4, -0.2) is 0 Å². The van der Waals surface area contributed by atoms with Crippen molar-refractivity contribution in [1.29, 1.82) is 0 Å². The van der Waals surface area contributed by atoms with Crippen molar-refractivity contribution >= 4 is 33.2 Å². The lowest BCUT2D eigenvalue weighted by Crippen LogP contribution is -2.00. The van der Waals surface area contributed by atoms with Crippen LogP contribution >= 0.6 is 27.5 Å². The molecule has 0 heterocycles. The molecule has 0 aromatic heterocycles. The highest BCUT2D eigenvalue weighted by atomic mass is 79.9. The second-order valence-electron chi connectivity index (χ2n) is 4.89. The highest BCUT2D eigenvalue weighted by Crippen LogP contribution is 2.22. The Hall–Kier alpha value is -0.990. The normalized spacial score (nSPS) is 10.6. The smallest absolute Gasteiger partial charge is 0.0467 e. The average molecular weight is 353 g/mol. The van der Waals surface area contributed by atoms with Crippen molar-refractivity contribution in [3.8, 4) is 0 Å². The lowest BCUT2D eigenvalue weighted by molar-refractivity contribution is 0.795. The molecule has 0 unspecified atom stereocenters. The third kappa shape index (κ3) is 4.53. The van der Waals surface area contributed by atoms with E-state index in [1.807, 2.05) is 18.2 Å². The number of rotatable bonds is 6. The Morgan fingerprint density at radius 2 is 1.85 bits per heavy atom. The Labute approximate surface area is 134 Å². The molecule has 1 nitrogen and oxygen atoms in total. The summed E-state index contributed by atoms with van der Waals surface area (Å²) in [5.41, 5.74) is 3.63. The number of aryl methyl sites for hydroxylation is 1. The lowest BCUT2D eigenvalue weighted by atomic mass is 10.1. The van der Waals surface area contributed by atoms with Crippen molar-refractivity contribution in [2.45, 2.75) is 32.7 Å². The first-order chi connectivity index (χ1) is 9.69. The fraction of sp³-hybridized carbons (Fsp3) is 0.294. The Kier molecular flexibility index (Phi) is 5.93. The van der Waals surface area contributed by atoms with Crippen molar-refractivity contribution in [2.24, 2.45) is 0 Å². The fourth-order valence-electron chi connectivity index (χ4n) is 2.03. The Morgan fingerprint density at radius 1 is 1.10 bits per heavy atom.